The summed E-state index contributed by atoms with van der Waals surface area (Å²) in [5.74, 6) is 0.667. The Morgan fingerprint density at radius 2 is 2.00 bits per heavy atom. The number of nitrogens with one attached hydrogen (secondary N) is 1. The van der Waals surface area contributed by atoms with Crippen LogP contribution in [0.15, 0.2) is 34.0 Å². The van der Waals surface area contributed by atoms with Gasteiger partial charge in [0.05, 0.1) is 0 Å². The van der Waals surface area contributed by atoms with Gasteiger partial charge in [-0.3, -0.25) is 10.1 Å². The molecule has 1 aromatic carbocycles. The third kappa shape index (κ3) is 4.37. The Morgan fingerprint density at radius 1 is 1.22 bits per heavy atom. The van der Waals surface area contributed by atoms with Gasteiger partial charge in [-0.1, -0.05) is 35.2 Å². The molecular weight excluding hydrogens is 348 g/mol. The molecule has 0 spiro atoms. The molecule has 0 unspecified atom stereocenters. The zero-order valence-electron chi connectivity index (χ0n) is 12.6. The first-order chi connectivity index (χ1) is 11.1. The monoisotopic (exact) mass is 362 g/mol. The molecular formula is C15H14N4OS3. The minimum absolute atomic E-state index is 0.170. The van der Waals surface area contributed by atoms with Crippen LogP contribution in [0.4, 0.5) is 5.13 Å². The Balaban J connectivity index is 1.58. The minimum Gasteiger partial charge on any atom is -0.296 e. The number of benzene rings is 1. The fraction of sp³-hybridized carbons (Fsp3) is 0.200. The summed E-state index contributed by atoms with van der Waals surface area (Å²) in [5.41, 5.74) is 2.82. The lowest BCUT2D eigenvalue weighted by Gasteiger charge is -2.03. The van der Waals surface area contributed by atoms with Gasteiger partial charge < -0.3 is 0 Å². The van der Waals surface area contributed by atoms with Crippen molar-refractivity contribution in [2.24, 2.45) is 0 Å². The third-order valence-corrected chi connectivity index (χ3v) is 5.89. The number of carbonyl (C=O) groups is 1. The highest BCUT2D eigenvalue weighted by Gasteiger charge is 2.09. The lowest BCUT2D eigenvalue weighted by molar-refractivity contribution is 0.102. The van der Waals surface area contributed by atoms with Crippen LogP contribution in [-0.2, 0) is 5.75 Å². The Bertz CT molecular complexity index is 810. The first kappa shape index (κ1) is 16.1. The van der Waals surface area contributed by atoms with Gasteiger partial charge in [-0.05, 0) is 31.5 Å². The molecule has 3 aromatic rings. The predicted molar refractivity (Wildman–Crippen MR) is 95.5 cm³/mol. The molecule has 0 radical (unpaired) electrons. The summed E-state index contributed by atoms with van der Waals surface area (Å²) < 4.78 is 1.07. The number of rotatable bonds is 5. The number of amides is 1. The second kappa shape index (κ2) is 7.20. The van der Waals surface area contributed by atoms with Crippen LogP contribution in [0.1, 0.15) is 26.6 Å². The van der Waals surface area contributed by atoms with Gasteiger partial charge in [0.2, 0.25) is 5.13 Å². The van der Waals surface area contributed by atoms with Crippen molar-refractivity contribution in [1.82, 2.24) is 15.2 Å². The van der Waals surface area contributed by atoms with Gasteiger partial charge in [0.25, 0.3) is 5.91 Å². The highest BCUT2D eigenvalue weighted by Crippen LogP contribution is 2.26. The summed E-state index contributed by atoms with van der Waals surface area (Å²) in [7, 11) is 0. The third-order valence-electron chi connectivity index (χ3n) is 2.92. The number of aryl methyl sites for hydroxylation is 2. The summed E-state index contributed by atoms with van der Waals surface area (Å²) in [6.45, 7) is 3.84. The van der Waals surface area contributed by atoms with E-state index in [2.05, 4.69) is 20.5 Å². The number of aromatic nitrogens is 3. The smallest absolute Gasteiger partial charge is 0.257 e. The van der Waals surface area contributed by atoms with Gasteiger partial charge in [-0.2, -0.15) is 0 Å². The maximum atomic E-state index is 12.1. The van der Waals surface area contributed by atoms with Crippen LogP contribution < -0.4 is 5.32 Å². The summed E-state index contributed by atoms with van der Waals surface area (Å²) in [6, 6.07) is 7.58. The highest BCUT2D eigenvalue weighted by atomic mass is 32.2. The highest BCUT2D eigenvalue weighted by molar-refractivity contribution is 8.00. The molecule has 0 fully saturated rings. The fourth-order valence-electron chi connectivity index (χ4n) is 1.81. The van der Waals surface area contributed by atoms with Gasteiger partial charge in [-0.15, -0.1) is 21.5 Å². The Morgan fingerprint density at radius 3 is 2.61 bits per heavy atom. The average Bonchev–Trinajstić information content (AvgIpc) is 3.14. The summed E-state index contributed by atoms with van der Waals surface area (Å²) in [5, 5.41) is 13.9. The molecule has 8 heteroatoms. The van der Waals surface area contributed by atoms with Crippen molar-refractivity contribution in [3.63, 3.8) is 0 Å². The van der Waals surface area contributed by atoms with Crippen LogP contribution in [0.3, 0.4) is 0 Å². The van der Waals surface area contributed by atoms with E-state index in [9.17, 15) is 4.79 Å². The van der Waals surface area contributed by atoms with E-state index in [1.54, 1.807) is 23.1 Å². The van der Waals surface area contributed by atoms with E-state index in [4.69, 9.17) is 0 Å². The first-order valence-corrected chi connectivity index (χ1v) is 9.53. The number of thioether (sulfide) groups is 1. The van der Waals surface area contributed by atoms with E-state index in [-0.39, 0.29) is 5.91 Å². The van der Waals surface area contributed by atoms with Crippen molar-refractivity contribution in [2.75, 3.05) is 5.32 Å². The Hall–Kier alpha value is -1.77. The summed E-state index contributed by atoms with van der Waals surface area (Å²) >= 11 is 4.72. The lowest BCUT2D eigenvalue weighted by atomic mass is 10.1. The molecule has 2 aromatic heterocycles. The van der Waals surface area contributed by atoms with Crippen LogP contribution in [0, 0.1) is 13.8 Å². The van der Waals surface area contributed by atoms with Crippen molar-refractivity contribution in [3.05, 3.63) is 51.5 Å². The fourth-order valence-corrected chi connectivity index (χ4v) is 4.20. The lowest BCUT2D eigenvalue weighted by Crippen LogP contribution is -2.11. The molecule has 23 heavy (non-hydrogen) atoms. The predicted octanol–water partition coefficient (Wildman–Crippen LogP) is 4.16. The quantitative estimate of drug-likeness (QED) is 0.690. The van der Waals surface area contributed by atoms with E-state index < -0.39 is 0 Å². The van der Waals surface area contributed by atoms with E-state index in [0.717, 1.165) is 26.4 Å². The van der Waals surface area contributed by atoms with E-state index >= 15 is 0 Å². The zero-order chi connectivity index (χ0) is 16.2. The summed E-state index contributed by atoms with van der Waals surface area (Å²) in [4.78, 5) is 16.6. The van der Waals surface area contributed by atoms with Gasteiger partial charge in [0.1, 0.15) is 9.35 Å². The van der Waals surface area contributed by atoms with E-state index in [1.165, 1.54) is 11.3 Å². The van der Waals surface area contributed by atoms with Gasteiger partial charge in [0, 0.05) is 22.4 Å². The molecule has 0 aliphatic carbocycles. The molecule has 0 aliphatic heterocycles. The number of hydrogen-bond donors (Lipinski definition) is 1. The number of carbonyl (C=O) groups excluding carboxylic acids is 1. The van der Waals surface area contributed by atoms with Crippen molar-refractivity contribution < 1.29 is 4.79 Å². The van der Waals surface area contributed by atoms with Crippen molar-refractivity contribution in [2.45, 2.75) is 23.9 Å². The maximum Gasteiger partial charge on any atom is 0.257 e. The van der Waals surface area contributed by atoms with Crippen LogP contribution >= 0.6 is 34.4 Å². The number of hydrogen-bond acceptors (Lipinski definition) is 7. The van der Waals surface area contributed by atoms with Gasteiger partial charge >= 0.3 is 0 Å². The van der Waals surface area contributed by atoms with Crippen molar-refractivity contribution in [1.29, 1.82) is 0 Å². The molecule has 0 saturated heterocycles. The Labute approximate surface area is 146 Å². The molecule has 0 atom stereocenters. The number of thiazole rings is 1. The second-order valence-corrected chi connectivity index (χ2v) is 8.08. The van der Waals surface area contributed by atoms with Crippen LogP contribution in [0.25, 0.3) is 0 Å². The Kier molecular flexibility index (Phi) is 5.04. The molecule has 2 heterocycles. The molecule has 1 amide bonds. The molecule has 1 N–H and O–H groups in total. The molecule has 5 nitrogen and oxygen atoms in total. The van der Waals surface area contributed by atoms with Crippen LogP contribution in [0.2, 0.25) is 0 Å². The van der Waals surface area contributed by atoms with E-state index in [0.29, 0.717) is 10.7 Å². The van der Waals surface area contributed by atoms with Crippen molar-refractivity contribution in [3.8, 4) is 0 Å². The standard InChI is InChI=1S/C15H14N4OS3/c1-9-7-21-15(16-9)22-8-11-3-5-12(6-4-11)13(20)17-14-19-18-10(2)23-14/h3-7H,8H2,1-2H3,(H,17,19,20). The maximum absolute atomic E-state index is 12.1. The first-order valence-electron chi connectivity index (χ1n) is 6.85. The average molecular weight is 363 g/mol. The normalized spacial score (nSPS) is 10.7. The minimum atomic E-state index is -0.170. The zero-order valence-corrected chi connectivity index (χ0v) is 15.0. The molecule has 0 aliphatic rings. The second-order valence-electron chi connectivity index (χ2n) is 4.82. The number of nitrogens with zero attached hydrogens (tertiary/aromatic N) is 3. The van der Waals surface area contributed by atoms with Gasteiger partial charge in [-0.25, -0.2) is 4.98 Å². The molecule has 0 saturated carbocycles. The van der Waals surface area contributed by atoms with Crippen molar-refractivity contribution >= 4 is 45.5 Å². The van der Waals surface area contributed by atoms with Crippen LogP contribution in [-0.4, -0.2) is 21.1 Å². The molecule has 3 rings (SSSR count). The molecule has 0 bridgehead atoms. The molecule has 118 valence electrons. The van der Waals surface area contributed by atoms with Crippen LogP contribution in [0.5, 0.6) is 0 Å². The van der Waals surface area contributed by atoms with E-state index in [1.807, 2.05) is 43.5 Å². The largest absolute Gasteiger partial charge is 0.296 e. The van der Waals surface area contributed by atoms with Gasteiger partial charge in [0.15, 0.2) is 0 Å². The SMILES string of the molecule is Cc1csc(SCc2ccc(C(=O)Nc3nnc(C)s3)cc2)n1. The number of anilines is 1. The summed E-state index contributed by atoms with van der Waals surface area (Å²) in [6.07, 6.45) is 0. The topological polar surface area (TPSA) is 67.8 Å².